The monoisotopic (exact) mass is 490 g/mol. The van der Waals surface area contributed by atoms with Crippen LogP contribution in [0.1, 0.15) is 24.2 Å². The van der Waals surface area contributed by atoms with Gasteiger partial charge in [0.2, 0.25) is 5.91 Å². The zero-order chi connectivity index (χ0) is 24.9. The predicted molar refractivity (Wildman–Crippen MR) is 124 cm³/mol. The fourth-order valence-corrected chi connectivity index (χ4v) is 4.73. The molecule has 0 aliphatic carbocycles. The minimum Gasteiger partial charge on any atom is -0.464 e. The van der Waals surface area contributed by atoms with Crippen molar-refractivity contribution in [3.8, 4) is 0 Å². The topological polar surface area (TPSA) is 181 Å². The molecule has 2 amide bonds. The van der Waals surface area contributed by atoms with E-state index < -0.39 is 46.5 Å². The van der Waals surface area contributed by atoms with Crippen LogP contribution in [0.15, 0.2) is 60.8 Å². The average molecular weight is 491 g/mol. The van der Waals surface area contributed by atoms with Crippen LogP contribution in [-0.4, -0.2) is 58.9 Å². The summed E-state index contributed by atoms with van der Waals surface area (Å²) >= 11 is 0. The Morgan fingerprint density at radius 1 is 1.09 bits per heavy atom. The lowest BCUT2D eigenvalue weighted by Crippen LogP contribution is -2.62. The molecule has 0 aliphatic heterocycles. The van der Waals surface area contributed by atoms with Crippen molar-refractivity contribution >= 4 is 33.1 Å². The van der Waals surface area contributed by atoms with Gasteiger partial charge in [-0.25, -0.2) is 9.52 Å². The van der Waals surface area contributed by atoms with Gasteiger partial charge in [0.15, 0.2) is 0 Å². The molecule has 11 nitrogen and oxygen atoms in total. The van der Waals surface area contributed by atoms with Crippen molar-refractivity contribution in [3.63, 3.8) is 0 Å². The van der Waals surface area contributed by atoms with E-state index in [1.807, 2.05) is 12.1 Å². The first-order chi connectivity index (χ1) is 16.0. The molecule has 3 unspecified atom stereocenters. The van der Waals surface area contributed by atoms with E-state index in [4.69, 9.17) is 5.11 Å². The highest BCUT2D eigenvalue weighted by Gasteiger charge is 2.40. The smallest absolute Gasteiger partial charge is 0.419 e. The van der Waals surface area contributed by atoms with Gasteiger partial charge < -0.3 is 25.6 Å². The van der Waals surface area contributed by atoms with Gasteiger partial charge >= 0.3 is 16.3 Å². The Balaban J connectivity index is 1.93. The highest BCUT2D eigenvalue weighted by atomic mass is 32.2. The summed E-state index contributed by atoms with van der Waals surface area (Å²) in [6.07, 6.45) is -1.64. The fourth-order valence-electron chi connectivity index (χ4n) is 3.69. The Hall–Kier alpha value is -3.45. The molecule has 2 aromatic carbocycles. The number of amides is 2. The largest absolute Gasteiger partial charge is 0.464 e. The van der Waals surface area contributed by atoms with E-state index in [9.17, 15) is 28.2 Å². The minimum absolute atomic E-state index is 0.164. The molecule has 1 heterocycles. The molecule has 7 N–H and O–H groups in total. The molecule has 0 saturated heterocycles. The standard InChI is InChI=1S/C22H26N4O7S/c1-22(26-34(32,33)25-21(30)31,11-15-12-23-17-10-6-5-9-16(15)17)20(29)24-18(13-27)19(28)14-7-3-2-4-8-14/h2-10,12,18-19,23,25-28H,11,13H2,1H3,(H,24,29)(H,30,31). The second-order valence-corrected chi connectivity index (χ2v) is 9.41. The van der Waals surface area contributed by atoms with E-state index in [0.717, 1.165) is 10.9 Å². The molecule has 1 aromatic heterocycles. The maximum Gasteiger partial charge on any atom is 0.419 e. The molecular weight excluding hydrogens is 464 g/mol. The number of rotatable bonds is 10. The molecule has 3 aromatic rings. The Bertz CT molecular complexity index is 1260. The molecule has 0 bridgehead atoms. The van der Waals surface area contributed by atoms with E-state index in [0.29, 0.717) is 11.1 Å². The summed E-state index contributed by atoms with van der Waals surface area (Å²) in [6, 6.07) is 14.4. The summed E-state index contributed by atoms with van der Waals surface area (Å²) < 4.78 is 28.2. The Kier molecular flexibility index (Phi) is 7.57. The molecule has 34 heavy (non-hydrogen) atoms. The number of aliphatic hydroxyl groups excluding tert-OH is 2. The maximum atomic E-state index is 13.4. The van der Waals surface area contributed by atoms with Crippen LogP contribution in [0.25, 0.3) is 10.9 Å². The molecular formula is C22H26N4O7S. The Morgan fingerprint density at radius 2 is 1.74 bits per heavy atom. The molecule has 0 radical (unpaired) electrons. The lowest BCUT2D eigenvalue weighted by Gasteiger charge is -2.32. The number of nitrogens with one attached hydrogen (secondary N) is 4. The van der Waals surface area contributed by atoms with Crippen molar-refractivity contribution < 1.29 is 33.3 Å². The van der Waals surface area contributed by atoms with Gasteiger partial charge in [-0.05, 0) is 24.1 Å². The van der Waals surface area contributed by atoms with Crippen LogP contribution in [0.4, 0.5) is 4.79 Å². The van der Waals surface area contributed by atoms with Crippen LogP contribution in [0.3, 0.4) is 0 Å². The van der Waals surface area contributed by atoms with Crippen LogP contribution in [-0.2, 0) is 21.4 Å². The first-order valence-electron chi connectivity index (χ1n) is 10.3. The van der Waals surface area contributed by atoms with Crippen molar-refractivity contribution in [1.29, 1.82) is 0 Å². The summed E-state index contributed by atoms with van der Waals surface area (Å²) in [6.45, 7) is 0.652. The first kappa shape index (κ1) is 25.2. The van der Waals surface area contributed by atoms with Crippen LogP contribution >= 0.6 is 0 Å². The van der Waals surface area contributed by atoms with E-state index in [-0.39, 0.29) is 6.42 Å². The molecule has 0 aliphatic rings. The quantitative estimate of drug-likeness (QED) is 0.219. The number of carboxylic acid groups (broad SMARTS) is 1. The van der Waals surface area contributed by atoms with Gasteiger partial charge in [0.05, 0.1) is 12.6 Å². The van der Waals surface area contributed by atoms with Crippen LogP contribution in [0.2, 0.25) is 0 Å². The number of hydrogen-bond donors (Lipinski definition) is 7. The molecule has 12 heteroatoms. The number of H-pyrrole nitrogens is 1. The number of hydrogen-bond acceptors (Lipinski definition) is 6. The molecule has 182 valence electrons. The molecule has 3 atom stereocenters. The number of aliphatic hydroxyl groups is 2. The van der Waals surface area contributed by atoms with Gasteiger partial charge in [0.25, 0.3) is 0 Å². The average Bonchev–Trinajstić information content (AvgIpc) is 3.18. The number of carbonyl (C=O) groups is 2. The molecule has 0 fully saturated rings. The zero-order valence-corrected chi connectivity index (χ0v) is 19.0. The van der Waals surface area contributed by atoms with Crippen molar-refractivity contribution in [2.24, 2.45) is 0 Å². The normalized spacial score (nSPS) is 15.3. The van der Waals surface area contributed by atoms with E-state index in [2.05, 4.69) is 15.0 Å². The number of aromatic nitrogens is 1. The second-order valence-electron chi connectivity index (χ2n) is 8.00. The third kappa shape index (κ3) is 5.91. The van der Waals surface area contributed by atoms with E-state index in [1.54, 1.807) is 48.7 Å². The number of fused-ring (bicyclic) bond motifs is 1. The summed E-state index contributed by atoms with van der Waals surface area (Å²) in [4.78, 5) is 27.3. The number of carbonyl (C=O) groups excluding carboxylic acids is 1. The Morgan fingerprint density at radius 3 is 2.38 bits per heavy atom. The third-order valence-corrected chi connectivity index (χ3v) is 6.50. The fraction of sp³-hybridized carbons (Fsp3) is 0.273. The van der Waals surface area contributed by atoms with Crippen LogP contribution < -0.4 is 14.8 Å². The lowest BCUT2D eigenvalue weighted by atomic mass is 9.91. The van der Waals surface area contributed by atoms with Crippen LogP contribution in [0, 0.1) is 0 Å². The van der Waals surface area contributed by atoms with Crippen LogP contribution in [0.5, 0.6) is 0 Å². The molecule has 3 rings (SSSR count). The van der Waals surface area contributed by atoms with Gasteiger partial charge in [0, 0.05) is 23.5 Å². The summed E-state index contributed by atoms with van der Waals surface area (Å²) in [5.41, 5.74) is -0.0981. The predicted octanol–water partition coefficient (Wildman–Crippen LogP) is 0.782. The van der Waals surface area contributed by atoms with Gasteiger partial charge in [0.1, 0.15) is 11.6 Å². The van der Waals surface area contributed by atoms with Gasteiger partial charge in [-0.2, -0.15) is 13.1 Å². The number of aromatic amines is 1. The van der Waals surface area contributed by atoms with Crippen molar-refractivity contribution in [3.05, 3.63) is 71.9 Å². The summed E-state index contributed by atoms with van der Waals surface area (Å²) in [5, 5.41) is 32.5. The molecule has 0 saturated carbocycles. The summed E-state index contributed by atoms with van der Waals surface area (Å²) in [5.74, 6) is -0.873. The lowest BCUT2D eigenvalue weighted by molar-refractivity contribution is -0.128. The van der Waals surface area contributed by atoms with E-state index in [1.165, 1.54) is 11.6 Å². The van der Waals surface area contributed by atoms with Gasteiger partial charge in [-0.15, -0.1) is 0 Å². The highest BCUT2D eigenvalue weighted by Crippen LogP contribution is 2.24. The number of para-hydroxylation sites is 1. The maximum absolute atomic E-state index is 13.4. The second kappa shape index (κ2) is 10.2. The van der Waals surface area contributed by atoms with Gasteiger partial charge in [-0.3, -0.25) is 4.79 Å². The zero-order valence-electron chi connectivity index (χ0n) is 18.2. The Labute approximate surface area is 196 Å². The molecule has 0 spiro atoms. The van der Waals surface area contributed by atoms with Crippen molar-refractivity contribution in [2.75, 3.05) is 6.61 Å². The third-order valence-electron chi connectivity index (χ3n) is 5.34. The van der Waals surface area contributed by atoms with Crippen molar-refractivity contribution in [2.45, 2.75) is 31.0 Å². The minimum atomic E-state index is -4.65. The SMILES string of the molecule is CC(Cc1c[nH]c2ccccc12)(NS(=O)(=O)NC(=O)O)C(=O)NC(CO)C(O)c1ccccc1. The number of benzene rings is 2. The summed E-state index contributed by atoms with van der Waals surface area (Å²) in [7, 11) is -4.65. The first-order valence-corrected chi connectivity index (χ1v) is 11.8. The van der Waals surface area contributed by atoms with Crippen molar-refractivity contribution in [1.82, 2.24) is 19.7 Å². The van der Waals surface area contributed by atoms with E-state index >= 15 is 0 Å². The van der Waals surface area contributed by atoms with Gasteiger partial charge in [-0.1, -0.05) is 48.5 Å². The highest BCUT2D eigenvalue weighted by molar-refractivity contribution is 7.88.